The molecule has 0 amide bonds. The van der Waals surface area contributed by atoms with Crippen LogP contribution in [-0.4, -0.2) is 48.6 Å². The summed E-state index contributed by atoms with van der Waals surface area (Å²) < 4.78 is 94.0. The summed E-state index contributed by atoms with van der Waals surface area (Å²) in [6.45, 7) is -0.812. The van der Waals surface area contributed by atoms with E-state index in [2.05, 4.69) is 14.8 Å². The Kier molecular flexibility index (Phi) is 6.59. The molecule has 12 heteroatoms. The minimum atomic E-state index is -5.15. The zero-order chi connectivity index (χ0) is 19.5. The Hall–Kier alpha value is -1.66. The molecule has 0 fully saturated rings. The van der Waals surface area contributed by atoms with Crippen LogP contribution in [0.5, 0.6) is 0 Å². The van der Waals surface area contributed by atoms with Gasteiger partial charge in [-0.2, -0.15) is 0 Å². The fourth-order valence-corrected chi connectivity index (χ4v) is 2.38. The third-order valence-corrected chi connectivity index (χ3v) is 3.41. The van der Waals surface area contributed by atoms with Gasteiger partial charge in [-0.25, -0.2) is 4.39 Å². The SMILES string of the molecule is CC(OC(F)(F)F)C1(NCCOC(F)(F)F)C=CC(F)=CC1C(=O)O. The average Bonchev–Trinajstić information content (AvgIpc) is 2.41. The fraction of sp³-hybridized carbons (Fsp3) is 0.615. The Morgan fingerprint density at radius 2 is 1.92 bits per heavy atom. The van der Waals surface area contributed by atoms with Crippen molar-refractivity contribution in [3.8, 4) is 0 Å². The van der Waals surface area contributed by atoms with Gasteiger partial charge in [0, 0.05) is 6.54 Å². The lowest BCUT2D eigenvalue weighted by Crippen LogP contribution is -2.61. The van der Waals surface area contributed by atoms with Crippen molar-refractivity contribution in [3.63, 3.8) is 0 Å². The van der Waals surface area contributed by atoms with Crippen LogP contribution in [0.2, 0.25) is 0 Å². The minimum Gasteiger partial charge on any atom is -0.481 e. The van der Waals surface area contributed by atoms with Crippen molar-refractivity contribution in [2.75, 3.05) is 13.2 Å². The van der Waals surface area contributed by atoms with E-state index in [9.17, 15) is 40.6 Å². The van der Waals surface area contributed by atoms with Crippen LogP contribution in [0.1, 0.15) is 6.92 Å². The van der Waals surface area contributed by atoms with Crippen LogP contribution in [0.4, 0.5) is 30.7 Å². The molecule has 0 spiro atoms. The molecule has 0 heterocycles. The van der Waals surface area contributed by atoms with Crippen molar-refractivity contribution in [2.24, 2.45) is 5.92 Å². The van der Waals surface area contributed by atoms with Crippen molar-refractivity contribution in [3.05, 3.63) is 24.1 Å². The molecule has 1 aliphatic carbocycles. The lowest BCUT2D eigenvalue weighted by atomic mass is 9.76. The number of nitrogens with one attached hydrogen (secondary N) is 1. The van der Waals surface area contributed by atoms with Crippen LogP contribution >= 0.6 is 0 Å². The second kappa shape index (κ2) is 7.70. The molecule has 144 valence electrons. The molecule has 5 nitrogen and oxygen atoms in total. The molecular weight excluding hydrogens is 367 g/mol. The first kappa shape index (κ1) is 21.4. The lowest BCUT2D eigenvalue weighted by Gasteiger charge is -2.42. The number of alkyl halides is 6. The Bertz CT molecular complexity index is 543. The van der Waals surface area contributed by atoms with Gasteiger partial charge in [-0.3, -0.25) is 14.3 Å². The van der Waals surface area contributed by atoms with Crippen LogP contribution in [0.3, 0.4) is 0 Å². The van der Waals surface area contributed by atoms with E-state index in [-0.39, 0.29) is 0 Å². The number of rotatable bonds is 7. The van der Waals surface area contributed by atoms with Crippen molar-refractivity contribution >= 4 is 5.97 Å². The molecule has 0 aliphatic heterocycles. The second-order valence-electron chi connectivity index (χ2n) is 5.06. The van der Waals surface area contributed by atoms with Gasteiger partial charge in [-0.05, 0) is 19.1 Å². The molecule has 0 aromatic rings. The summed E-state index contributed by atoms with van der Waals surface area (Å²) in [7, 11) is 0. The normalized spacial score (nSPS) is 25.6. The summed E-state index contributed by atoms with van der Waals surface area (Å²) in [5.74, 6) is -4.57. The molecule has 3 unspecified atom stereocenters. The maximum atomic E-state index is 13.3. The number of hydrogen-bond donors (Lipinski definition) is 2. The zero-order valence-corrected chi connectivity index (χ0v) is 12.6. The number of halogens is 7. The Balaban J connectivity index is 3.05. The maximum Gasteiger partial charge on any atom is 0.522 e. The van der Waals surface area contributed by atoms with Crippen LogP contribution in [0.25, 0.3) is 0 Å². The van der Waals surface area contributed by atoms with Gasteiger partial charge in [0.15, 0.2) is 0 Å². The first-order valence-electron chi connectivity index (χ1n) is 6.76. The summed E-state index contributed by atoms with van der Waals surface area (Å²) in [5.41, 5.74) is -2.15. The molecule has 3 atom stereocenters. The van der Waals surface area contributed by atoms with E-state index in [1.165, 1.54) is 0 Å². The summed E-state index contributed by atoms with van der Waals surface area (Å²) >= 11 is 0. The number of aliphatic carboxylic acids is 1. The number of ether oxygens (including phenoxy) is 2. The average molecular weight is 381 g/mol. The molecule has 1 aliphatic rings. The molecule has 0 aromatic heterocycles. The van der Waals surface area contributed by atoms with Crippen molar-refractivity contribution in [2.45, 2.75) is 31.3 Å². The first-order valence-corrected chi connectivity index (χ1v) is 6.76. The van der Waals surface area contributed by atoms with Crippen LogP contribution < -0.4 is 5.32 Å². The van der Waals surface area contributed by atoms with Crippen molar-refractivity contribution in [1.82, 2.24) is 5.32 Å². The minimum absolute atomic E-state index is 0.538. The van der Waals surface area contributed by atoms with Crippen molar-refractivity contribution in [1.29, 1.82) is 0 Å². The third-order valence-electron chi connectivity index (χ3n) is 3.41. The van der Waals surface area contributed by atoms with Gasteiger partial charge in [0.05, 0.1) is 18.2 Å². The standard InChI is InChI=1S/C13H14F7NO4/c1-7(25-13(18,19)20)11(21-4-5-24-12(15,16)17)3-2-8(14)6-9(11)10(22)23/h2-3,6-7,9,21H,4-5H2,1H3,(H,22,23). The lowest BCUT2D eigenvalue weighted by molar-refractivity contribution is -0.348. The number of allylic oxidation sites excluding steroid dienone is 2. The largest absolute Gasteiger partial charge is 0.522 e. The Morgan fingerprint density at radius 3 is 2.40 bits per heavy atom. The molecule has 0 saturated heterocycles. The topological polar surface area (TPSA) is 67.8 Å². The van der Waals surface area contributed by atoms with E-state index in [4.69, 9.17) is 0 Å². The molecule has 25 heavy (non-hydrogen) atoms. The predicted octanol–water partition coefficient (Wildman–Crippen LogP) is 2.90. The second-order valence-corrected chi connectivity index (χ2v) is 5.06. The molecule has 0 radical (unpaired) electrons. The Labute approximate surface area is 137 Å². The van der Waals surface area contributed by atoms with E-state index in [0.717, 1.165) is 13.0 Å². The van der Waals surface area contributed by atoms with Gasteiger partial charge in [0.1, 0.15) is 11.7 Å². The van der Waals surface area contributed by atoms with Gasteiger partial charge in [-0.1, -0.05) is 6.08 Å². The van der Waals surface area contributed by atoms with Gasteiger partial charge >= 0.3 is 18.7 Å². The van der Waals surface area contributed by atoms with E-state index in [1.807, 2.05) is 0 Å². The highest BCUT2D eigenvalue weighted by atomic mass is 19.4. The molecule has 0 bridgehead atoms. The van der Waals surface area contributed by atoms with E-state index in [0.29, 0.717) is 12.2 Å². The predicted molar refractivity (Wildman–Crippen MR) is 68.8 cm³/mol. The van der Waals surface area contributed by atoms with Gasteiger partial charge in [0.2, 0.25) is 0 Å². The highest BCUT2D eigenvalue weighted by Crippen LogP contribution is 2.35. The molecule has 0 aromatic carbocycles. The monoisotopic (exact) mass is 381 g/mol. The number of hydrogen-bond acceptors (Lipinski definition) is 4. The number of carboxylic acid groups (broad SMARTS) is 1. The molecular formula is C13H14F7NO4. The Morgan fingerprint density at radius 1 is 1.32 bits per heavy atom. The molecule has 0 saturated carbocycles. The van der Waals surface area contributed by atoms with Gasteiger partial charge in [0.25, 0.3) is 0 Å². The smallest absolute Gasteiger partial charge is 0.481 e. The fourth-order valence-electron chi connectivity index (χ4n) is 2.38. The van der Waals surface area contributed by atoms with Crippen LogP contribution in [-0.2, 0) is 14.3 Å². The summed E-state index contributed by atoms with van der Waals surface area (Å²) in [6.07, 6.45) is -9.99. The first-order chi connectivity index (χ1) is 11.3. The van der Waals surface area contributed by atoms with Gasteiger partial charge < -0.3 is 10.4 Å². The summed E-state index contributed by atoms with van der Waals surface area (Å²) in [5, 5.41) is 11.4. The third kappa shape index (κ3) is 6.29. The number of carboxylic acids is 1. The highest BCUT2D eigenvalue weighted by Gasteiger charge is 2.50. The van der Waals surface area contributed by atoms with Crippen LogP contribution in [0.15, 0.2) is 24.1 Å². The van der Waals surface area contributed by atoms with Gasteiger partial charge in [-0.15, -0.1) is 26.3 Å². The number of carbonyl (C=O) groups is 1. The summed E-state index contributed by atoms with van der Waals surface area (Å²) in [6, 6.07) is 0. The molecule has 2 N–H and O–H groups in total. The van der Waals surface area contributed by atoms with E-state index >= 15 is 0 Å². The highest BCUT2D eigenvalue weighted by molar-refractivity contribution is 5.76. The van der Waals surface area contributed by atoms with Crippen LogP contribution in [0, 0.1) is 5.92 Å². The maximum absolute atomic E-state index is 13.3. The zero-order valence-electron chi connectivity index (χ0n) is 12.6. The van der Waals surface area contributed by atoms with E-state index < -0.39 is 55.2 Å². The summed E-state index contributed by atoms with van der Waals surface area (Å²) in [4.78, 5) is 11.3. The molecule has 1 rings (SSSR count). The quantitative estimate of drug-likeness (QED) is 0.524. The van der Waals surface area contributed by atoms with E-state index in [1.54, 1.807) is 0 Å². The van der Waals surface area contributed by atoms with Crippen molar-refractivity contribution < 1.29 is 50.1 Å².